The van der Waals surface area contributed by atoms with Gasteiger partial charge in [-0.25, -0.2) is 9.36 Å². The molecule has 0 aromatic carbocycles. The molecule has 0 heterocycles. The van der Waals surface area contributed by atoms with Crippen LogP contribution in [0.1, 0.15) is 6.92 Å². The molecule has 106 valence electrons. The SMILES string of the molecule is C=C(C(=O)OCCOP(=O)(O)OCC)C(F)(F)F. The molecule has 0 rings (SSSR count). The zero-order valence-electron chi connectivity index (χ0n) is 9.40. The molecule has 18 heavy (non-hydrogen) atoms. The number of phosphoric acid groups is 1. The molecule has 0 saturated carbocycles. The molecule has 0 fully saturated rings. The minimum Gasteiger partial charge on any atom is -0.460 e. The number of hydrogen-bond donors (Lipinski definition) is 1. The highest BCUT2D eigenvalue weighted by Crippen LogP contribution is 2.42. The van der Waals surface area contributed by atoms with Gasteiger partial charge in [-0.3, -0.25) is 9.05 Å². The molecule has 1 unspecified atom stereocenters. The lowest BCUT2D eigenvalue weighted by molar-refractivity contribution is -0.151. The Morgan fingerprint density at radius 3 is 2.33 bits per heavy atom. The van der Waals surface area contributed by atoms with Crippen molar-refractivity contribution in [3.63, 3.8) is 0 Å². The average molecular weight is 292 g/mol. The molecule has 6 nitrogen and oxygen atoms in total. The standard InChI is InChI=1S/C8H12F3O6P/c1-3-16-18(13,14)17-5-4-15-7(12)6(2)8(9,10)11/h2-5H2,1H3,(H,13,14). The fraction of sp³-hybridized carbons (Fsp3) is 0.625. The zero-order valence-corrected chi connectivity index (χ0v) is 10.3. The molecule has 0 spiro atoms. The predicted molar refractivity (Wildman–Crippen MR) is 53.6 cm³/mol. The van der Waals surface area contributed by atoms with Crippen molar-refractivity contribution in [1.29, 1.82) is 0 Å². The van der Waals surface area contributed by atoms with Crippen molar-refractivity contribution in [2.24, 2.45) is 0 Å². The molecular formula is C8H12F3O6P. The van der Waals surface area contributed by atoms with Crippen LogP contribution in [0.3, 0.4) is 0 Å². The fourth-order valence-electron chi connectivity index (χ4n) is 0.690. The van der Waals surface area contributed by atoms with E-state index >= 15 is 0 Å². The fourth-order valence-corrected chi connectivity index (χ4v) is 1.40. The van der Waals surface area contributed by atoms with Gasteiger partial charge in [-0.1, -0.05) is 6.58 Å². The van der Waals surface area contributed by atoms with Crippen LogP contribution < -0.4 is 0 Å². The summed E-state index contributed by atoms with van der Waals surface area (Å²) in [7, 11) is -4.24. The number of halogens is 3. The van der Waals surface area contributed by atoms with Crippen molar-refractivity contribution < 1.29 is 41.2 Å². The van der Waals surface area contributed by atoms with Gasteiger partial charge < -0.3 is 9.63 Å². The summed E-state index contributed by atoms with van der Waals surface area (Å²) < 4.78 is 59.5. The molecule has 1 atom stereocenters. The van der Waals surface area contributed by atoms with Crippen molar-refractivity contribution >= 4 is 13.8 Å². The van der Waals surface area contributed by atoms with Crippen LogP contribution in [0.5, 0.6) is 0 Å². The van der Waals surface area contributed by atoms with E-state index in [0.717, 1.165) is 0 Å². The topological polar surface area (TPSA) is 82.1 Å². The Morgan fingerprint density at radius 2 is 1.89 bits per heavy atom. The zero-order chi connectivity index (χ0) is 14.4. The van der Waals surface area contributed by atoms with E-state index in [9.17, 15) is 22.5 Å². The minimum atomic E-state index is -4.88. The first-order valence-electron chi connectivity index (χ1n) is 4.65. The van der Waals surface area contributed by atoms with Gasteiger partial charge in [0.25, 0.3) is 0 Å². The number of phosphoric ester groups is 1. The van der Waals surface area contributed by atoms with Gasteiger partial charge in [0, 0.05) is 0 Å². The van der Waals surface area contributed by atoms with E-state index < -0.39 is 38.8 Å². The molecule has 0 bridgehead atoms. The summed E-state index contributed by atoms with van der Waals surface area (Å²) in [6.07, 6.45) is -4.88. The third-order valence-corrected chi connectivity index (χ3v) is 2.55. The molecule has 0 aromatic rings. The Bertz CT molecular complexity index is 353. The highest BCUT2D eigenvalue weighted by Gasteiger charge is 2.37. The summed E-state index contributed by atoms with van der Waals surface area (Å²) in [6.45, 7) is 2.66. The molecule has 0 aliphatic rings. The third kappa shape index (κ3) is 6.75. The smallest absolute Gasteiger partial charge is 0.460 e. The summed E-state index contributed by atoms with van der Waals surface area (Å²) in [6, 6.07) is 0. The lowest BCUT2D eigenvalue weighted by Gasteiger charge is -2.12. The quantitative estimate of drug-likeness (QED) is 0.333. The van der Waals surface area contributed by atoms with E-state index in [4.69, 9.17) is 4.89 Å². The maximum absolute atomic E-state index is 12.0. The normalized spacial score (nSPS) is 14.9. The summed E-state index contributed by atoms with van der Waals surface area (Å²) in [5.74, 6) is -1.67. The first kappa shape index (κ1) is 17.1. The largest absolute Gasteiger partial charge is 0.472 e. The van der Waals surface area contributed by atoms with Crippen LogP contribution in [0.4, 0.5) is 13.2 Å². The van der Waals surface area contributed by atoms with Crippen LogP contribution in [-0.2, 0) is 23.1 Å². The summed E-state index contributed by atoms with van der Waals surface area (Å²) in [4.78, 5) is 19.7. The van der Waals surface area contributed by atoms with Crippen LogP contribution in [0.25, 0.3) is 0 Å². The van der Waals surface area contributed by atoms with Crippen LogP contribution in [0.2, 0.25) is 0 Å². The van der Waals surface area contributed by atoms with Gasteiger partial charge in [-0.15, -0.1) is 0 Å². The molecule has 10 heteroatoms. The van der Waals surface area contributed by atoms with Gasteiger partial charge >= 0.3 is 20.0 Å². The number of carbonyl (C=O) groups is 1. The number of carbonyl (C=O) groups excluding carboxylic acids is 1. The maximum Gasteiger partial charge on any atom is 0.472 e. The van der Waals surface area contributed by atoms with Crippen LogP contribution in [0, 0.1) is 0 Å². The molecule has 0 aromatic heterocycles. The molecular weight excluding hydrogens is 280 g/mol. The van der Waals surface area contributed by atoms with Crippen LogP contribution in [0.15, 0.2) is 12.2 Å². The van der Waals surface area contributed by atoms with Crippen molar-refractivity contribution in [1.82, 2.24) is 0 Å². The first-order chi connectivity index (χ1) is 8.10. The number of hydrogen-bond acceptors (Lipinski definition) is 5. The van der Waals surface area contributed by atoms with Crippen molar-refractivity contribution in [2.75, 3.05) is 19.8 Å². The molecule has 0 saturated heterocycles. The number of ether oxygens (including phenoxy) is 1. The van der Waals surface area contributed by atoms with Gasteiger partial charge in [0.2, 0.25) is 0 Å². The van der Waals surface area contributed by atoms with E-state index in [1.807, 2.05) is 0 Å². The Labute approximate surface area is 101 Å². The Hall–Kier alpha value is -0.890. The van der Waals surface area contributed by atoms with Gasteiger partial charge in [0.15, 0.2) is 0 Å². The highest BCUT2D eigenvalue weighted by atomic mass is 31.2. The second-order valence-corrected chi connectivity index (χ2v) is 4.29. The van der Waals surface area contributed by atoms with Gasteiger partial charge in [0.05, 0.1) is 13.2 Å². The minimum absolute atomic E-state index is 0.0849. The van der Waals surface area contributed by atoms with Crippen molar-refractivity contribution in [3.05, 3.63) is 12.2 Å². The summed E-state index contributed by atoms with van der Waals surface area (Å²) in [5.41, 5.74) is -1.67. The molecule has 1 N–H and O–H groups in total. The second-order valence-electron chi connectivity index (χ2n) is 2.83. The van der Waals surface area contributed by atoms with Crippen molar-refractivity contribution in [3.8, 4) is 0 Å². The average Bonchev–Trinajstić information content (AvgIpc) is 2.21. The van der Waals surface area contributed by atoms with Crippen molar-refractivity contribution in [2.45, 2.75) is 13.1 Å². The second kappa shape index (κ2) is 6.89. The van der Waals surface area contributed by atoms with E-state index in [0.29, 0.717) is 0 Å². The lowest BCUT2D eigenvalue weighted by Crippen LogP contribution is -2.22. The van der Waals surface area contributed by atoms with E-state index in [1.54, 1.807) is 0 Å². The molecule has 0 radical (unpaired) electrons. The van der Waals surface area contributed by atoms with E-state index in [1.165, 1.54) is 6.92 Å². The van der Waals surface area contributed by atoms with Gasteiger partial charge in [-0.2, -0.15) is 13.2 Å². The van der Waals surface area contributed by atoms with E-state index in [2.05, 4.69) is 20.4 Å². The monoisotopic (exact) mass is 292 g/mol. The van der Waals surface area contributed by atoms with Gasteiger partial charge in [0.1, 0.15) is 12.2 Å². The van der Waals surface area contributed by atoms with E-state index in [-0.39, 0.29) is 6.61 Å². The molecule has 0 amide bonds. The summed E-state index contributed by atoms with van der Waals surface area (Å²) >= 11 is 0. The third-order valence-electron chi connectivity index (χ3n) is 1.45. The molecule has 0 aliphatic carbocycles. The van der Waals surface area contributed by atoms with Crippen LogP contribution >= 0.6 is 7.82 Å². The Kier molecular flexibility index (Phi) is 6.55. The number of esters is 1. The molecule has 0 aliphatic heterocycles. The number of alkyl halides is 3. The first-order valence-corrected chi connectivity index (χ1v) is 6.15. The number of rotatable bonds is 7. The Morgan fingerprint density at radius 1 is 1.33 bits per heavy atom. The van der Waals surface area contributed by atoms with Crippen LogP contribution in [-0.4, -0.2) is 36.9 Å². The highest BCUT2D eigenvalue weighted by molar-refractivity contribution is 7.47. The predicted octanol–water partition coefficient (Wildman–Crippen LogP) is 1.80. The summed E-state index contributed by atoms with van der Waals surface area (Å²) in [5, 5.41) is 0. The lowest BCUT2D eigenvalue weighted by atomic mass is 10.3. The Balaban J connectivity index is 3.97. The maximum atomic E-state index is 12.0. The van der Waals surface area contributed by atoms with Gasteiger partial charge in [-0.05, 0) is 6.92 Å².